The van der Waals surface area contributed by atoms with Crippen LogP contribution in [0.5, 0.6) is 0 Å². The van der Waals surface area contributed by atoms with E-state index in [1.54, 1.807) is 0 Å². The van der Waals surface area contributed by atoms with E-state index in [1.807, 2.05) is 0 Å². The number of hydrogen-bond acceptors (Lipinski definition) is 3. The summed E-state index contributed by atoms with van der Waals surface area (Å²) in [6.45, 7) is 0.723. The highest BCUT2D eigenvalue weighted by molar-refractivity contribution is 5.13. The fourth-order valence-corrected chi connectivity index (χ4v) is 3.74. The smallest absolute Gasteiger partial charge is 0.0732 e. The Morgan fingerprint density at radius 1 is 0.952 bits per heavy atom. The monoisotopic (exact) mass is 288 g/mol. The van der Waals surface area contributed by atoms with Crippen LogP contribution in [0.4, 0.5) is 0 Å². The molecule has 2 aliphatic rings. The van der Waals surface area contributed by atoms with Gasteiger partial charge in [0.2, 0.25) is 0 Å². The molecule has 2 saturated carbocycles. The van der Waals surface area contributed by atoms with Crippen LogP contribution in [-0.4, -0.2) is 24.2 Å². The van der Waals surface area contributed by atoms with Crippen molar-refractivity contribution in [2.24, 2.45) is 5.73 Å². The molecule has 0 bridgehead atoms. The number of nitrogens with two attached hydrogens (primary N) is 1. The van der Waals surface area contributed by atoms with Gasteiger partial charge in [0.1, 0.15) is 0 Å². The average molecular weight is 288 g/mol. The maximum Gasteiger partial charge on any atom is 0.0732 e. The highest BCUT2D eigenvalue weighted by Crippen LogP contribution is 2.25. The summed E-state index contributed by atoms with van der Waals surface area (Å²) in [5.41, 5.74) is 7.47. The third kappa shape index (κ3) is 4.06. The average Bonchev–Trinajstić information content (AvgIpc) is 2.93. The first-order chi connectivity index (χ1) is 10.3. The van der Waals surface area contributed by atoms with E-state index in [4.69, 9.17) is 10.5 Å². The molecule has 3 nitrogen and oxygen atoms in total. The highest BCUT2D eigenvalue weighted by Gasteiger charge is 2.31. The van der Waals surface area contributed by atoms with Gasteiger partial charge in [-0.15, -0.1) is 0 Å². The van der Waals surface area contributed by atoms with Gasteiger partial charge in [-0.25, -0.2) is 0 Å². The van der Waals surface area contributed by atoms with Crippen LogP contribution in [0.1, 0.15) is 50.5 Å². The van der Waals surface area contributed by atoms with Gasteiger partial charge in [-0.05, 0) is 31.2 Å². The van der Waals surface area contributed by atoms with E-state index in [0.29, 0.717) is 24.2 Å². The molecule has 2 fully saturated rings. The number of hydrogen-bond donors (Lipinski definition) is 2. The minimum atomic E-state index is 0.335. The molecule has 116 valence electrons. The summed E-state index contributed by atoms with van der Waals surface area (Å²) in [4.78, 5) is 0. The van der Waals surface area contributed by atoms with Crippen LogP contribution < -0.4 is 11.1 Å². The van der Waals surface area contributed by atoms with Crippen molar-refractivity contribution in [2.45, 2.75) is 75.8 Å². The number of benzene rings is 1. The maximum atomic E-state index is 6.22. The lowest BCUT2D eigenvalue weighted by Gasteiger charge is -2.35. The number of ether oxygens (including phenoxy) is 1. The first-order valence-corrected chi connectivity index (χ1v) is 8.50. The van der Waals surface area contributed by atoms with Crippen molar-refractivity contribution >= 4 is 0 Å². The van der Waals surface area contributed by atoms with Crippen LogP contribution >= 0.6 is 0 Å². The molecule has 0 unspecified atom stereocenters. The molecule has 21 heavy (non-hydrogen) atoms. The highest BCUT2D eigenvalue weighted by atomic mass is 16.5. The van der Waals surface area contributed by atoms with Crippen molar-refractivity contribution in [1.82, 2.24) is 5.32 Å². The Morgan fingerprint density at radius 2 is 1.71 bits per heavy atom. The molecule has 2 aliphatic carbocycles. The van der Waals surface area contributed by atoms with E-state index in [2.05, 4.69) is 35.6 Å². The van der Waals surface area contributed by atoms with Gasteiger partial charge in [0.15, 0.2) is 0 Å². The van der Waals surface area contributed by atoms with E-state index >= 15 is 0 Å². The zero-order chi connectivity index (χ0) is 14.5. The predicted octanol–water partition coefficient (Wildman–Crippen LogP) is 2.98. The predicted molar refractivity (Wildman–Crippen MR) is 86.0 cm³/mol. The van der Waals surface area contributed by atoms with Gasteiger partial charge in [0.05, 0.1) is 12.7 Å². The van der Waals surface area contributed by atoms with Crippen molar-refractivity contribution in [3.05, 3.63) is 35.9 Å². The Labute approximate surface area is 128 Å². The van der Waals surface area contributed by atoms with Crippen molar-refractivity contribution < 1.29 is 4.74 Å². The van der Waals surface area contributed by atoms with Gasteiger partial charge in [-0.2, -0.15) is 0 Å². The van der Waals surface area contributed by atoms with Crippen molar-refractivity contribution in [2.75, 3.05) is 0 Å². The van der Waals surface area contributed by atoms with Crippen molar-refractivity contribution in [3.8, 4) is 0 Å². The van der Waals surface area contributed by atoms with E-state index in [1.165, 1.54) is 50.5 Å². The first kappa shape index (κ1) is 15.0. The zero-order valence-corrected chi connectivity index (χ0v) is 12.8. The summed E-state index contributed by atoms with van der Waals surface area (Å²) in [7, 11) is 0. The molecule has 3 N–H and O–H groups in total. The summed E-state index contributed by atoms with van der Waals surface area (Å²) >= 11 is 0. The molecule has 0 radical (unpaired) electrons. The number of nitrogens with one attached hydrogen (secondary N) is 1. The largest absolute Gasteiger partial charge is 0.372 e. The van der Waals surface area contributed by atoms with Crippen LogP contribution in [-0.2, 0) is 11.3 Å². The fourth-order valence-electron chi connectivity index (χ4n) is 3.74. The van der Waals surface area contributed by atoms with Gasteiger partial charge in [-0.1, -0.05) is 49.6 Å². The lowest BCUT2D eigenvalue weighted by atomic mass is 9.91. The number of rotatable bonds is 5. The zero-order valence-electron chi connectivity index (χ0n) is 12.8. The minimum absolute atomic E-state index is 0.335. The van der Waals surface area contributed by atoms with Gasteiger partial charge in [0, 0.05) is 18.1 Å². The quantitative estimate of drug-likeness (QED) is 0.875. The third-order valence-corrected chi connectivity index (χ3v) is 5.01. The van der Waals surface area contributed by atoms with Gasteiger partial charge in [-0.3, -0.25) is 0 Å². The summed E-state index contributed by atoms with van der Waals surface area (Å²) < 4.78 is 6.22. The van der Waals surface area contributed by atoms with Crippen LogP contribution in [0.15, 0.2) is 30.3 Å². The van der Waals surface area contributed by atoms with E-state index in [0.717, 1.165) is 6.61 Å². The molecule has 0 aliphatic heterocycles. The van der Waals surface area contributed by atoms with E-state index < -0.39 is 0 Å². The molecule has 0 amide bonds. The lowest BCUT2D eigenvalue weighted by Crippen LogP contribution is -2.52. The molecule has 3 rings (SSSR count). The molecule has 1 aromatic rings. The molecule has 0 heterocycles. The molecular formula is C18H28N2O. The van der Waals surface area contributed by atoms with Crippen LogP contribution in [0.2, 0.25) is 0 Å². The van der Waals surface area contributed by atoms with Gasteiger partial charge in [0.25, 0.3) is 0 Å². The molecule has 0 saturated heterocycles. The normalized spacial score (nSPS) is 33.2. The van der Waals surface area contributed by atoms with Crippen molar-refractivity contribution in [1.29, 1.82) is 0 Å². The summed E-state index contributed by atoms with van der Waals surface area (Å²) in [5.74, 6) is 0. The van der Waals surface area contributed by atoms with Crippen molar-refractivity contribution in [3.63, 3.8) is 0 Å². The molecule has 4 atom stereocenters. The topological polar surface area (TPSA) is 47.3 Å². The maximum absolute atomic E-state index is 6.22. The second-order valence-corrected chi connectivity index (χ2v) is 6.59. The molecule has 0 spiro atoms. The van der Waals surface area contributed by atoms with Crippen LogP contribution in [0.25, 0.3) is 0 Å². The summed E-state index contributed by atoms with van der Waals surface area (Å²) in [5, 5.41) is 3.80. The molecule has 3 heteroatoms. The Kier molecular flexibility index (Phi) is 5.28. The SMILES string of the molecule is N[C@@H]1CCC[C@H]1N[C@@H]1CCCC[C@@H]1OCc1ccccc1. The Morgan fingerprint density at radius 3 is 2.48 bits per heavy atom. The summed E-state index contributed by atoms with van der Waals surface area (Å²) in [6, 6.07) is 11.8. The fraction of sp³-hybridized carbons (Fsp3) is 0.667. The standard InChI is InChI=1S/C18H28N2O/c19-15-9-6-11-16(15)20-17-10-4-5-12-18(17)21-13-14-7-2-1-3-8-14/h1-3,7-8,15-18,20H,4-6,9-13,19H2/t15-,16-,17-,18+/m1/s1. The van der Waals surface area contributed by atoms with E-state index in [9.17, 15) is 0 Å². The lowest BCUT2D eigenvalue weighted by molar-refractivity contribution is -0.00861. The Balaban J connectivity index is 1.54. The summed E-state index contributed by atoms with van der Waals surface area (Å²) in [6.07, 6.45) is 8.99. The minimum Gasteiger partial charge on any atom is -0.372 e. The van der Waals surface area contributed by atoms with Gasteiger partial charge < -0.3 is 15.8 Å². The molecule has 0 aromatic heterocycles. The van der Waals surface area contributed by atoms with Crippen LogP contribution in [0, 0.1) is 0 Å². The Bertz CT molecular complexity index is 422. The molecular weight excluding hydrogens is 260 g/mol. The third-order valence-electron chi connectivity index (χ3n) is 5.01. The first-order valence-electron chi connectivity index (χ1n) is 8.50. The van der Waals surface area contributed by atoms with Crippen LogP contribution in [0.3, 0.4) is 0 Å². The van der Waals surface area contributed by atoms with E-state index in [-0.39, 0.29) is 0 Å². The second kappa shape index (κ2) is 7.39. The van der Waals surface area contributed by atoms with Gasteiger partial charge >= 0.3 is 0 Å². The molecule has 1 aromatic carbocycles. The Hall–Kier alpha value is -0.900. The second-order valence-electron chi connectivity index (χ2n) is 6.59.